The number of ketones is 1. The lowest BCUT2D eigenvalue weighted by Crippen LogP contribution is -2.32. The van der Waals surface area contributed by atoms with Crippen LogP contribution in [0, 0.1) is 5.92 Å². The molecule has 0 bridgehead atoms. The topological polar surface area (TPSA) is 99.5 Å². The van der Waals surface area contributed by atoms with E-state index in [0.717, 1.165) is 6.54 Å². The quantitative estimate of drug-likeness (QED) is 0.302. The minimum absolute atomic E-state index is 0.00319. The molecule has 188 valence electrons. The summed E-state index contributed by atoms with van der Waals surface area (Å²) in [5.41, 5.74) is 0.967. The number of carbonyl (C=O) groups excluding carboxylic acids is 2. The number of aliphatic hydroxyl groups is 1. The monoisotopic (exact) mass is 482 g/mol. The van der Waals surface area contributed by atoms with E-state index in [0.29, 0.717) is 42.4 Å². The molecule has 8 nitrogen and oxygen atoms in total. The van der Waals surface area contributed by atoms with Crippen molar-refractivity contribution < 1.29 is 29.3 Å². The first-order valence-electron chi connectivity index (χ1n) is 11.7. The maximum Gasteiger partial charge on any atom is 0.295 e. The zero-order valence-electron chi connectivity index (χ0n) is 20.9. The number of rotatable bonds is 10. The van der Waals surface area contributed by atoms with Crippen molar-refractivity contribution in [3.63, 3.8) is 0 Å². The molecule has 1 atom stereocenters. The third-order valence-electron chi connectivity index (χ3n) is 5.77. The van der Waals surface area contributed by atoms with Gasteiger partial charge in [0.05, 0.1) is 25.3 Å². The third-order valence-corrected chi connectivity index (χ3v) is 5.77. The van der Waals surface area contributed by atoms with Gasteiger partial charge in [0.2, 0.25) is 0 Å². The van der Waals surface area contributed by atoms with E-state index in [1.807, 2.05) is 19.0 Å². The summed E-state index contributed by atoms with van der Waals surface area (Å²) in [6.07, 6.45) is 0.646. The standard InChI is InChI=1S/C27H34N2O6/c1-17(2)16-35-20-10-7-18(8-11-20)25(31)23-24(19-9-12-21(30)22(15-19)34-5)29(27(33)26(23)32)14-6-13-28(3)4/h7-12,15,17,24,30-31H,6,13-14,16H2,1-5H3/b25-23+/t24-/m0/s1. The minimum Gasteiger partial charge on any atom is -0.507 e. The summed E-state index contributed by atoms with van der Waals surface area (Å²) in [7, 11) is 5.30. The maximum absolute atomic E-state index is 13.2. The van der Waals surface area contributed by atoms with Crippen molar-refractivity contribution in [1.82, 2.24) is 9.80 Å². The number of Topliss-reactive ketones (excluding diaryl/α,β-unsaturated/α-hetero) is 1. The van der Waals surface area contributed by atoms with Gasteiger partial charge in [-0.3, -0.25) is 9.59 Å². The van der Waals surface area contributed by atoms with Crippen LogP contribution < -0.4 is 9.47 Å². The third kappa shape index (κ3) is 5.95. The normalized spacial score (nSPS) is 17.5. The zero-order chi connectivity index (χ0) is 25.7. The van der Waals surface area contributed by atoms with Crippen LogP contribution in [0.1, 0.15) is 37.4 Å². The number of benzene rings is 2. The van der Waals surface area contributed by atoms with Gasteiger partial charge in [-0.1, -0.05) is 19.9 Å². The van der Waals surface area contributed by atoms with Gasteiger partial charge in [-0.05, 0) is 74.9 Å². The fraction of sp³-hybridized carbons (Fsp3) is 0.407. The zero-order valence-corrected chi connectivity index (χ0v) is 20.9. The van der Waals surface area contributed by atoms with Gasteiger partial charge in [-0.25, -0.2) is 0 Å². The van der Waals surface area contributed by atoms with Gasteiger partial charge < -0.3 is 29.5 Å². The average Bonchev–Trinajstić information content (AvgIpc) is 3.07. The SMILES string of the molecule is COc1cc([C@H]2/C(=C(\O)c3ccc(OCC(C)C)cc3)C(=O)C(=O)N2CCCN(C)C)ccc1O. The van der Waals surface area contributed by atoms with Crippen LogP contribution in [0.15, 0.2) is 48.0 Å². The summed E-state index contributed by atoms with van der Waals surface area (Å²) < 4.78 is 10.9. The van der Waals surface area contributed by atoms with Crippen molar-refractivity contribution >= 4 is 17.4 Å². The van der Waals surface area contributed by atoms with E-state index in [2.05, 4.69) is 13.8 Å². The first-order chi connectivity index (χ1) is 16.6. The van der Waals surface area contributed by atoms with Crippen molar-refractivity contribution in [2.24, 2.45) is 5.92 Å². The van der Waals surface area contributed by atoms with Gasteiger partial charge in [0.1, 0.15) is 11.5 Å². The Morgan fingerprint density at radius 3 is 2.40 bits per heavy atom. The average molecular weight is 483 g/mol. The molecule has 8 heteroatoms. The van der Waals surface area contributed by atoms with Gasteiger partial charge in [-0.2, -0.15) is 0 Å². The molecule has 0 spiro atoms. The van der Waals surface area contributed by atoms with Gasteiger partial charge in [0.25, 0.3) is 11.7 Å². The number of amides is 1. The Morgan fingerprint density at radius 1 is 1.11 bits per heavy atom. The van der Waals surface area contributed by atoms with Crippen molar-refractivity contribution in [3.05, 3.63) is 59.2 Å². The number of ether oxygens (including phenoxy) is 2. The molecular weight excluding hydrogens is 448 g/mol. The number of carbonyl (C=O) groups is 2. The lowest BCUT2D eigenvalue weighted by atomic mass is 9.95. The highest BCUT2D eigenvalue weighted by Gasteiger charge is 2.46. The smallest absolute Gasteiger partial charge is 0.295 e. The van der Waals surface area contributed by atoms with Crippen molar-refractivity contribution in [1.29, 1.82) is 0 Å². The van der Waals surface area contributed by atoms with E-state index < -0.39 is 17.7 Å². The van der Waals surface area contributed by atoms with Crippen LogP contribution in [-0.4, -0.2) is 72.6 Å². The molecule has 0 aliphatic carbocycles. The molecule has 35 heavy (non-hydrogen) atoms. The van der Waals surface area contributed by atoms with Crippen LogP contribution in [0.5, 0.6) is 17.2 Å². The fourth-order valence-corrected chi connectivity index (χ4v) is 4.01. The largest absolute Gasteiger partial charge is 0.507 e. The summed E-state index contributed by atoms with van der Waals surface area (Å²) in [4.78, 5) is 29.7. The van der Waals surface area contributed by atoms with Crippen LogP contribution in [0.4, 0.5) is 0 Å². The predicted molar refractivity (Wildman–Crippen MR) is 134 cm³/mol. The Morgan fingerprint density at radius 2 is 1.80 bits per heavy atom. The first kappa shape index (κ1) is 26.1. The Balaban J connectivity index is 2.04. The Hall–Kier alpha value is -3.52. The van der Waals surface area contributed by atoms with Crippen LogP contribution >= 0.6 is 0 Å². The molecule has 1 aliphatic heterocycles. The summed E-state index contributed by atoms with van der Waals surface area (Å²) in [6, 6.07) is 10.6. The minimum atomic E-state index is -0.816. The van der Waals surface area contributed by atoms with Crippen LogP contribution in [0.2, 0.25) is 0 Å². The highest BCUT2D eigenvalue weighted by Crippen LogP contribution is 2.41. The number of aromatic hydroxyl groups is 1. The van der Waals surface area contributed by atoms with Gasteiger partial charge in [0.15, 0.2) is 11.5 Å². The molecule has 0 unspecified atom stereocenters. The summed E-state index contributed by atoms with van der Waals surface area (Å²) >= 11 is 0. The molecule has 2 N–H and O–H groups in total. The molecule has 1 heterocycles. The van der Waals surface area contributed by atoms with Crippen LogP contribution in [0.3, 0.4) is 0 Å². The molecule has 0 saturated carbocycles. The summed E-state index contributed by atoms with van der Waals surface area (Å²) in [5.74, 6) is -0.492. The van der Waals surface area contributed by atoms with Crippen molar-refractivity contribution in [3.8, 4) is 17.2 Å². The first-order valence-corrected chi connectivity index (χ1v) is 11.7. The molecule has 3 rings (SSSR count). The molecule has 2 aromatic rings. The Kier molecular flexibility index (Phi) is 8.40. The highest BCUT2D eigenvalue weighted by molar-refractivity contribution is 6.46. The molecule has 2 aromatic carbocycles. The fourth-order valence-electron chi connectivity index (χ4n) is 4.01. The number of likely N-dealkylation sites (tertiary alicyclic amines) is 1. The van der Waals surface area contributed by atoms with E-state index in [4.69, 9.17) is 9.47 Å². The molecule has 1 amide bonds. The second-order valence-electron chi connectivity index (χ2n) is 9.31. The summed E-state index contributed by atoms with van der Waals surface area (Å²) in [5, 5.41) is 21.3. The number of hydrogen-bond acceptors (Lipinski definition) is 7. The molecule has 0 aromatic heterocycles. The number of phenolic OH excluding ortho intramolecular Hbond substituents is 1. The van der Waals surface area contributed by atoms with E-state index in [1.54, 1.807) is 36.4 Å². The highest BCUT2D eigenvalue weighted by atomic mass is 16.5. The second kappa shape index (κ2) is 11.3. The van der Waals surface area contributed by atoms with E-state index in [1.165, 1.54) is 18.1 Å². The number of phenols is 1. The maximum atomic E-state index is 13.2. The van der Waals surface area contributed by atoms with Gasteiger partial charge >= 0.3 is 0 Å². The number of nitrogens with zero attached hydrogens (tertiary/aromatic N) is 2. The van der Waals surface area contributed by atoms with Gasteiger partial charge in [0, 0.05) is 12.1 Å². The van der Waals surface area contributed by atoms with E-state index >= 15 is 0 Å². The Bertz CT molecular complexity index is 1090. The number of methoxy groups -OCH3 is 1. The second-order valence-corrected chi connectivity index (χ2v) is 9.31. The lowest BCUT2D eigenvalue weighted by Gasteiger charge is -2.26. The van der Waals surface area contributed by atoms with E-state index in [9.17, 15) is 19.8 Å². The molecule has 1 aliphatic rings. The number of aliphatic hydroxyl groups excluding tert-OH is 1. The molecular formula is C27H34N2O6. The van der Waals surface area contributed by atoms with Crippen molar-refractivity contribution in [2.75, 3.05) is 40.9 Å². The van der Waals surface area contributed by atoms with Crippen molar-refractivity contribution in [2.45, 2.75) is 26.3 Å². The number of hydrogen-bond donors (Lipinski definition) is 2. The molecule has 1 saturated heterocycles. The molecule has 1 fully saturated rings. The summed E-state index contributed by atoms with van der Waals surface area (Å²) in [6.45, 7) is 5.72. The van der Waals surface area contributed by atoms with E-state index in [-0.39, 0.29) is 22.8 Å². The Labute approximate surface area is 206 Å². The lowest BCUT2D eigenvalue weighted by molar-refractivity contribution is -0.139. The van der Waals surface area contributed by atoms with Crippen LogP contribution in [-0.2, 0) is 9.59 Å². The predicted octanol–water partition coefficient (Wildman–Crippen LogP) is 3.81. The van der Waals surface area contributed by atoms with Gasteiger partial charge in [-0.15, -0.1) is 0 Å². The van der Waals surface area contributed by atoms with Crippen LogP contribution in [0.25, 0.3) is 5.76 Å². The molecule has 0 radical (unpaired) electrons.